The quantitative estimate of drug-likeness (QED) is 0.803. The summed E-state index contributed by atoms with van der Waals surface area (Å²) in [6, 6.07) is 10.1. The van der Waals surface area contributed by atoms with E-state index in [0.717, 1.165) is 35.7 Å². The van der Waals surface area contributed by atoms with Crippen molar-refractivity contribution in [2.75, 3.05) is 26.7 Å². The number of oxime groups is 1. The molecule has 3 aliphatic rings. The van der Waals surface area contributed by atoms with Gasteiger partial charge in [0.25, 0.3) is 0 Å². The average Bonchev–Trinajstić information content (AvgIpc) is 3.24. The van der Waals surface area contributed by atoms with Crippen LogP contribution in [0.1, 0.15) is 12.2 Å². The minimum atomic E-state index is -0.285. The van der Waals surface area contributed by atoms with E-state index in [9.17, 15) is 0 Å². The maximum absolute atomic E-state index is 5.94. The van der Waals surface area contributed by atoms with Gasteiger partial charge in [-0.1, -0.05) is 23.4 Å². The average molecular weight is 283 g/mol. The second-order valence-electron chi connectivity index (χ2n) is 6.28. The van der Waals surface area contributed by atoms with E-state index in [2.05, 4.69) is 28.1 Å². The molecule has 0 amide bonds. The van der Waals surface area contributed by atoms with Crippen LogP contribution in [0.2, 0.25) is 0 Å². The lowest BCUT2D eigenvalue weighted by atomic mass is 9.94. The summed E-state index contributed by atoms with van der Waals surface area (Å²) in [4.78, 5) is 10.6. The number of hydrogen-bond donors (Lipinski definition) is 0. The number of fused-ring (bicyclic) bond motifs is 4. The molecule has 5 nitrogen and oxygen atoms in total. The SMILES string of the molecule is CN1C(c2cc3ccccc3o2)=NOC12CN1CCC2C1. The van der Waals surface area contributed by atoms with Crippen LogP contribution in [0.3, 0.4) is 0 Å². The number of piperidine rings is 1. The third-order valence-electron chi connectivity index (χ3n) is 5.18. The minimum absolute atomic E-state index is 0.285. The molecule has 2 fully saturated rings. The van der Waals surface area contributed by atoms with E-state index < -0.39 is 0 Å². The Kier molecular flexibility index (Phi) is 2.10. The van der Waals surface area contributed by atoms with Crippen molar-refractivity contribution in [1.29, 1.82) is 0 Å². The Balaban J connectivity index is 1.53. The van der Waals surface area contributed by atoms with Crippen LogP contribution in [0.25, 0.3) is 11.0 Å². The summed E-state index contributed by atoms with van der Waals surface area (Å²) in [6.07, 6.45) is 1.19. The Labute approximate surface area is 122 Å². The van der Waals surface area contributed by atoms with Gasteiger partial charge >= 0.3 is 0 Å². The van der Waals surface area contributed by atoms with Crippen molar-refractivity contribution in [3.63, 3.8) is 0 Å². The minimum Gasteiger partial charge on any atom is -0.453 e. The molecule has 1 spiro atoms. The first kappa shape index (κ1) is 11.6. The van der Waals surface area contributed by atoms with E-state index in [1.807, 2.05) is 24.3 Å². The molecule has 5 rings (SSSR count). The van der Waals surface area contributed by atoms with Gasteiger partial charge in [0.15, 0.2) is 5.76 Å². The third kappa shape index (κ3) is 1.42. The normalized spacial score (nSPS) is 34.0. The molecule has 4 heterocycles. The third-order valence-corrected chi connectivity index (χ3v) is 5.18. The van der Waals surface area contributed by atoms with Gasteiger partial charge in [-0.2, -0.15) is 0 Å². The summed E-state index contributed by atoms with van der Waals surface area (Å²) in [6.45, 7) is 3.23. The second-order valence-corrected chi connectivity index (χ2v) is 6.28. The van der Waals surface area contributed by atoms with Gasteiger partial charge in [-0.3, -0.25) is 4.90 Å². The van der Waals surface area contributed by atoms with E-state index in [1.54, 1.807) is 0 Å². The number of rotatable bonds is 1. The summed E-state index contributed by atoms with van der Waals surface area (Å²) in [5.41, 5.74) is 0.605. The lowest BCUT2D eigenvalue weighted by Crippen LogP contribution is -2.54. The van der Waals surface area contributed by atoms with Crippen molar-refractivity contribution in [2.24, 2.45) is 11.1 Å². The number of benzene rings is 1. The summed E-state index contributed by atoms with van der Waals surface area (Å²) in [5, 5.41) is 5.46. The van der Waals surface area contributed by atoms with Crippen LogP contribution in [-0.2, 0) is 4.84 Å². The molecular formula is C16H17N3O2. The van der Waals surface area contributed by atoms with E-state index in [-0.39, 0.29) is 5.72 Å². The lowest BCUT2D eigenvalue weighted by Gasteiger charge is -2.37. The summed E-state index contributed by atoms with van der Waals surface area (Å²) < 4.78 is 5.94. The monoisotopic (exact) mass is 283 g/mol. The van der Waals surface area contributed by atoms with Gasteiger partial charge in [-0.25, -0.2) is 0 Å². The summed E-state index contributed by atoms with van der Waals surface area (Å²) >= 11 is 0. The van der Waals surface area contributed by atoms with Crippen LogP contribution in [0.15, 0.2) is 39.9 Å². The zero-order chi connectivity index (χ0) is 14.0. The number of amidine groups is 1. The summed E-state index contributed by atoms with van der Waals surface area (Å²) in [5.74, 6) is 2.13. The van der Waals surface area contributed by atoms with E-state index >= 15 is 0 Å². The highest BCUT2D eigenvalue weighted by Gasteiger charge is 2.59. The van der Waals surface area contributed by atoms with E-state index in [1.165, 1.54) is 13.0 Å². The Hall–Kier alpha value is -2.01. The topological polar surface area (TPSA) is 41.2 Å². The van der Waals surface area contributed by atoms with Gasteiger partial charge in [-0.15, -0.1) is 0 Å². The smallest absolute Gasteiger partial charge is 0.228 e. The highest BCUT2D eigenvalue weighted by atomic mass is 16.7. The van der Waals surface area contributed by atoms with Crippen LogP contribution in [0.4, 0.5) is 0 Å². The zero-order valence-corrected chi connectivity index (χ0v) is 12.0. The largest absolute Gasteiger partial charge is 0.453 e. The second kappa shape index (κ2) is 3.80. The molecule has 3 atom stereocenters. The molecule has 0 radical (unpaired) electrons. The van der Waals surface area contributed by atoms with Gasteiger partial charge in [0.05, 0.1) is 6.54 Å². The van der Waals surface area contributed by atoms with Crippen molar-refractivity contribution < 1.29 is 9.25 Å². The number of para-hydroxylation sites is 1. The Bertz CT molecular complexity index is 720. The fourth-order valence-corrected chi connectivity index (χ4v) is 4.00. The van der Waals surface area contributed by atoms with Crippen molar-refractivity contribution in [1.82, 2.24) is 9.80 Å². The first-order chi connectivity index (χ1) is 10.3. The van der Waals surface area contributed by atoms with Crippen LogP contribution >= 0.6 is 0 Å². The summed E-state index contributed by atoms with van der Waals surface area (Å²) in [7, 11) is 2.07. The highest BCUT2D eigenvalue weighted by Crippen LogP contribution is 2.44. The van der Waals surface area contributed by atoms with Crippen LogP contribution in [0.5, 0.6) is 0 Å². The zero-order valence-electron chi connectivity index (χ0n) is 12.0. The van der Waals surface area contributed by atoms with Crippen molar-refractivity contribution >= 4 is 16.8 Å². The molecular weight excluding hydrogens is 266 g/mol. The van der Waals surface area contributed by atoms with E-state index in [0.29, 0.717) is 5.92 Å². The fourth-order valence-electron chi connectivity index (χ4n) is 4.00. The van der Waals surface area contributed by atoms with Crippen LogP contribution in [0, 0.1) is 5.92 Å². The van der Waals surface area contributed by atoms with Crippen molar-refractivity contribution in [2.45, 2.75) is 12.1 Å². The van der Waals surface area contributed by atoms with Gasteiger partial charge in [0, 0.05) is 24.9 Å². The molecule has 2 bridgehead atoms. The molecule has 21 heavy (non-hydrogen) atoms. The highest BCUT2D eigenvalue weighted by molar-refractivity contribution is 6.00. The fraction of sp³-hybridized carbons (Fsp3) is 0.438. The Morgan fingerprint density at radius 1 is 1.33 bits per heavy atom. The maximum Gasteiger partial charge on any atom is 0.228 e. The molecule has 1 aromatic heterocycles. The van der Waals surface area contributed by atoms with Crippen LogP contribution < -0.4 is 0 Å². The number of hydrogen-bond acceptors (Lipinski definition) is 5. The number of likely N-dealkylation sites (N-methyl/N-ethyl adjacent to an activating group) is 1. The molecule has 0 aliphatic carbocycles. The molecule has 2 saturated heterocycles. The van der Waals surface area contributed by atoms with Crippen molar-refractivity contribution in [3.8, 4) is 0 Å². The molecule has 2 aromatic rings. The van der Waals surface area contributed by atoms with Crippen LogP contribution in [-0.4, -0.2) is 48.0 Å². The first-order valence-electron chi connectivity index (χ1n) is 7.48. The predicted molar refractivity (Wildman–Crippen MR) is 78.9 cm³/mol. The molecule has 0 saturated carbocycles. The van der Waals surface area contributed by atoms with E-state index in [4.69, 9.17) is 9.25 Å². The first-order valence-corrected chi connectivity index (χ1v) is 7.48. The van der Waals surface area contributed by atoms with Crippen molar-refractivity contribution in [3.05, 3.63) is 36.1 Å². The number of furan rings is 1. The van der Waals surface area contributed by atoms with Gasteiger partial charge in [0.2, 0.25) is 11.6 Å². The Morgan fingerprint density at radius 3 is 3.00 bits per heavy atom. The molecule has 108 valence electrons. The molecule has 1 aromatic carbocycles. The predicted octanol–water partition coefficient (Wildman–Crippen LogP) is 2.09. The lowest BCUT2D eigenvalue weighted by molar-refractivity contribution is -0.119. The maximum atomic E-state index is 5.94. The van der Waals surface area contributed by atoms with Gasteiger partial charge in [0.1, 0.15) is 5.58 Å². The number of nitrogens with zero attached hydrogens (tertiary/aromatic N) is 3. The van der Waals surface area contributed by atoms with Gasteiger partial charge < -0.3 is 14.2 Å². The molecule has 5 heteroatoms. The Morgan fingerprint density at radius 2 is 2.24 bits per heavy atom. The standard InChI is InChI=1S/C16H17N3O2/c1-18-15(14-8-11-4-2-3-5-13(11)20-14)17-21-16(18)10-19-7-6-12(16)9-19/h2-5,8,12H,6-7,9-10H2,1H3. The van der Waals surface area contributed by atoms with Gasteiger partial charge in [-0.05, 0) is 25.1 Å². The molecule has 3 aliphatic heterocycles. The molecule has 0 N–H and O–H groups in total. The molecule has 3 unspecified atom stereocenters.